The fourth-order valence-electron chi connectivity index (χ4n) is 3.96. The number of nitrogens with zero attached hydrogens (tertiary/aromatic N) is 4. The molecule has 1 N–H and O–H groups in total. The third kappa shape index (κ3) is 4.32. The Morgan fingerprint density at radius 1 is 1.03 bits per heavy atom. The van der Waals surface area contributed by atoms with Crippen molar-refractivity contribution in [1.29, 1.82) is 0 Å². The molecule has 0 spiro atoms. The van der Waals surface area contributed by atoms with Crippen molar-refractivity contribution in [2.45, 2.75) is 20.8 Å². The fourth-order valence-corrected chi connectivity index (χ4v) is 3.96. The van der Waals surface area contributed by atoms with E-state index in [1.54, 1.807) is 0 Å². The first kappa shape index (κ1) is 21.1. The van der Waals surface area contributed by atoms with E-state index in [4.69, 9.17) is 14.7 Å². The van der Waals surface area contributed by atoms with E-state index in [2.05, 4.69) is 22.2 Å². The average Bonchev–Trinajstić information content (AvgIpc) is 2.76. The maximum atomic E-state index is 13.4. The van der Waals surface area contributed by atoms with E-state index in [0.29, 0.717) is 23.6 Å². The van der Waals surface area contributed by atoms with Crippen LogP contribution in [0.15, 0.2) is 36.4 Å². The number of piperazine rings is 1. The molecule has 0 radical (unpaired) electrons. The van der Waals surface area contributed by atoms with E-state index >= 15 is 0 Å². The van der Waals surface area contributed by atoms with Gasteiger partial charge in [0.05, 0.1) is 29.2 Å². The van der Waals surface area contributed by atoms with Crippen LogP contribution in [0.1, 0.15) is 28.7 Å². The van der Waals surface area contributed by atoms with Crippen molar-refractivity contribution in [2.24, 2.45) is 0 Å². The van der Waals surface area contributed by atoms with Gasteiger partial charge in [-0.1, -0.05) is 30.3 Å². The van der Waals surface area contributed by atoms with E-state index in [0.717, 1.165) is 54.3 Å². The SMILES string of the molecule is CCOc1ccc2ccccc2c1C(=O)Nc1c(C)nc(N2CCN(C)CC2)nc1C. The molecule has 1 aromatic heterocycles. The van der Waals surface area contributed by atoms with Crippen LogP contribution in [-0.4, -0.2) is 60.6 Å². The summed E-state index contributed by atoms with van der Waals surface area (Å²) in [6, 6.07) is 11.7. The highest BCUT2D eigenvalue weighted by Gasteiger charge is 2.22. The van der Waals surface area contributed by atoms with Crippen molar-refractivity contribution < 1.29 is 9.53 Å². The van der Waals surface area contributed by atoms with Gasteiger partial charge in [0.1, 0.15) is 5.75 Å². The first-order valence-corrected chi connectivity index (χ1v) is 10.7. The molecule has 162 valence electrons. The molecular formula is C24H29N5O2. The van der Waals surface area contributed by atoms with Gasteiger partial charge >= 0.3 is 0 Å². The smallest absolute Gasteiger partial charge is 0.260 e. The van der Waals surface area contributed by atoms with Crippen LogP contribution in [0.4, 0.5) is 11.6 Å². The largest absolute Gasteiger partial charge is 0.493 e. The number of aryl methyl sites for hydroxylation is 2. The lowest BCUT2D eigenvalue weighted by atomic mass is 10.0. The van der Waals surface area contributed by atoms with Gasteiger partial charge in [-0.3, -0.25) is 4.79 Å². The Morgan fingerprint density at radius 3 is 2.39 bits per heavy atom. The van der Waals surface area contributed by atoms with Gasteiger partial charge in [0, 0.05) is 26.2 Å². The van der Waals surface area contributed by atoms with Gasteiger partial charge < -0.3 is 19.9 Å². The molecule has 7 heteroatoms. The number of likely N-dealkylation sites (N-methyl/N-ethyl adjacent to an activating group) is 1. The van der Waals surface area contributed by atoms with Crippen LogP contribution in [0.3, 0.4) is 0 Å². The number of hydrogen-bond acceptors (Lipinski definition) is 6. The van der Waals surface area contributed by atoms with Crippen molar-refractivity contribution in [2.75, 3.05) is 50.1 Å². The van der Waals surface area contributed by atoms with Crippen molar-refractivity contribution >= 4 is 28.3 Å². The minimum absolute atomic E-state index is 0.220. The third-order valence-corrected chi connectivity index (χ3v) is 5.70. The van der Waals surface area contributed by atoms with Crippen LogP contribution in [-0.2, 0) is 0 Å². The molecule has 0 unspecified atom stereocenters. The molecule has 2 heterocycles. The summed E-state index contributed by atoms with van der Waals surface area (Å²) in [5.41, 5.74) is 2.70. The van der Waals surface area contributed by atoms with Gasteiger partial charge in [-0.25, -0.2) is 9.97 Å². The minimum atomic E-state index is -0.220. The van der Waals surface area contributed by atoms with Gasteiger partial charge in [0.25, 0.3) is 5.91 Å². The zero-order chi connectivity index (χ0) is 22.0. The number of aromatic nitrogens is 2. The van der Waals surface area contributed by atoms with Crippen LogP contribution in [0.5, 0.6) is 5.75 Å². The quantitative estimate of drug-likeness (QED) is 0.681. The number of fused-ring (bicyclic) bond motifs is 1. The Hall–Kier alpha value is -3.19. The van der Waals surface area contributed by atoms with E-state index < -0.39 is 0 Å². The average molecular weight is 420 g/mol. The number of anilines is 2. The Kier molecular flexibility index (Phi) is 6.04. The van der Waals surface area contributed by atoms with Gasteiger partial charge in [0.15, 0.2) is 0 Å². The second kappa shape index (κ2) is 8.89. The highest BCUT2D eigenvalue weighted by Crippen LogP contribution is 2.30. The van der Waals surface area contributed by atoms with Crippen molar-refractivity contribution in [3.8, 4) is 5.75 Å². The zero-order valence-electron chi connectivity index (χ0n) is 18.6. The highest BCUT2D eigenvalue weighted by atomic mass is 16.5. The van der Waals surface area contributed by atoms with Crippen molar-refractivity contribution in [1.82, 2.24) is 14.9 Å². The van der Waals surface area contributed by atoms with Crippen LogP contribution in [0.2, 0.25) is 0 Å². The summed E-state index contributed by atoms with van der Waals surface area (Å²) in [6.07, 6.45) is 0. The lowest BCUT2D eigenvalue weighted by molar-refractivity contribution is 0.102. The van der Waals surface area contributed by atoms with Crippen molar-refractivity contribution in [3.05, 3.63) is 53.3 Å². The summed E-state index contributed by atoms with van der Waals surface area (Å²) in [7, 11) is 2.12. The zero-order valence-corrected chi connectivity index (χ0v) is 18.6. The Bertz CT molecular complexity index is 1080. The number of amides is 1. The van der Waals surface area contributed by atoms with Gasteiger partial charge in [-0.05, 0) is 44.7 Å². The molecule has 0 bridgehead atoms. The van der Waals surface area contributed by atoms with Crippen molar-refractivity contribution in [3.63, 3.8) is 0 Å². The number of rotatable bonds is 5. The normalized spacial score (nSPS) is 14.6. The maximum Gasteiger partial charge on any atom is 0.260 e. The monoisotopic (exact) mass is 419 g/mol. The molecule has 1 aliphatic heterocycles. The molecule has 3 aromatic rings. The topological polar surface area (TPSA) is 70.6 Å². The van der Waals surface area contributed by atoms with E-state index in [1.165, 1.54) is 0 Å². The molecule has 1 fully saturated rings. The van der Waals surface area contributed by atoms with Gasteiger partial charge in [0.2, 0.25) is 5.95 Å². The number of hydrogen-bond donors (Lipinski definition) is 1. The molecule has 31 heavy (non-hydrogen) atoms. The standard InChI is InChI=1S/C24H29N5O2/c1-5-31-20-11-10-18-8-6-7-9-19(18)21(20)23(30)27-22-16(2)25-24(26-17(22)3)29-14-12-28(4)13-15-29/h6-11H,5,12-15H2,1-4H3,(H,27,30). The molecule has 0 aliphatic carbocycles. The molecule has 0 saturated carbocycles. The number of nitrogens with one attached hydrogen (secondary N) is 1. The molecule has 4 rings (SSSR count). The van der Waals surface area contributed by atoms with Crippen LogP contribution in [0.25, 0.3) is 10.8 Å². The molecular weight excluding hydrogens is 390 g/mol. The van der Waals surface area contributed by atoms with Crippen LogP contribution >= 0.6 is 0 Å². The third-order valence-electron chi connectivity index (χ3n) is 5.70. The number of ether oxygens (including phenoxy) is 1. The van der Waals surface area contributed by atoms with E-state index in [9.17, 15) is 4.79 Å². The first-order valence-electron chi connectivity index (χ1n) is 10.7. The van der Waals surface area contributed by atoms with E-state index in [1.807, 2.05) is 57.2 Å². The number of carbonyl (C=O) groups excluding carboxylic acids is 1. The maximum absolute atomic E-state index is 13.4. The second-order valence-corrected chi connectivity index (χ2v) is 7.91. The fraction of sp³-hybridized carbons (Fsp3) is 0.375. The molecule has 1 aliphatic rings. The van der Waals surface area contributed by atoms with Crippen LogP contribution < -0.4 is 15.0 Å². The Morgan fingerprint density at radius 2 is 1.71 bits per heavy atom. The molecule has 0 atom stereocenters. The van der Waals surface area contributed by atoms with E-state index in [-0.39, 0.29) is 5.91 Å². The minimum Gasteiger partial charge on any atom is -0.493 e. The molecule has 1 amide bonds. The Labute approximate surface area is 183 Å². The van der Waals surface area contributed by atoms with Crippen LogP contribution in [0, 0.1) is 13.8 Å². The molecule has 7 nitrogen and oxygen atoms in total. The lowest BCUT2D eigenvalue weighted by Gasteiger charge is -2.32. The second-order valence-electron chi connectivity index (χ2n) is 7.91. The number of carbonyl (C=O) groups is 1. The summed E-state index contributed by atoms with van der Waals surface area (Å²) in [4.78, 5) is 27.3. The highest BCUT2D eigenvalue weighted by molar-refractivity contribution is 6.15. The summed E-state index contributed by atoms with van der Waals surface area (Å²) in [6.45, 7) is 9.99. The summed E-state index contributed by atoms with van der Waals surface area (Å²) in [5.74, 6) is 1.08. The molecule has 2 aromatic carbocycles. The number of benzene rings is 2. The first-order chi connectivity index (χ1) is 15.0. The van der Waals surface area contributed by atoms with Gasteiger partial charge in [-0.15, -0.1) is 0 Å². The Balaban J connectivity index is 1.65. The predicted octanol–water partition coefficient (Wildman–Crippen LogP) is 3.65. The summed E-state index contributed by atoms with van der Waals surface area (Å²) in [5, 5.41) is 4.90. The summed E-state index contributed by atoms with van der Waals surface area (Å²) < 4.78 is 5.77. The lowest BCUT2D eigenvalue weighted by Crippen LogP contribution is -2.45. The predicted molar refractivity (Wildman–Crippen MR) is 124 cm³/mol. The van der Waals surface area contributed by atoms with Gasteiger partial charge in [-0.2, -0.15) is 0 Å². The summed E-state index contributed by atoms with van der Waals surface area (Å²) >= 11 is 0. The molecule has 1 saturated heterocycles.